The van der Waals surface area contributed by atoms with Gasteiger partial charge in [0.1, 0.15) is 0 Å². The van der Waals surface area contributed by atoms with Gasteiger partial charge in [0, 0.05) is 19.6 Å². The molecule has 0 saturated heterocycles. The van der Waals surface area contributed by atoms with E-state index in [1.165, 1.54) is 0 Å². The first-order valence-corrected chi connectivity index (χ1v) is 9.00. The maximum atomic E-state index is 12.9. The molecule has 1 atom stereocenters. The van der Waals surface area contributed by atoms with E-state index in [-0.39, 0.29) is 18.7 Å². The number of ether oxygens (including phenoxy) is 2. The molecule has 5 heteroatoms. The second-order valence-corrected chi connectivity index (χ2v) is 6.62. The number of amides is 1. The molecule has 5 nitrogen and oxygen atoms in total. The molecule has 0 aliphatic carbocycles. The van der Waals surface area contributed by atoms with Crippen LogP contribution >= 0.6 is 0 Å². The van der Waals surface area contributed by atoms with Crippen LogP contribution in [0.3, 0.4) is 0 Å². The summed E-state index contributed by atoms with van der Waals surface area (Å²) in [7, 11) is 1.98. The average molecular weight is 354 g/mol. The molecule has 1 unspecified atom stereocenters. The molecule has 2 aromatic carbocycles. The lowest BCUT2D eigenvalue weighted by Gasteiger charge is -2.30. The molecule has 2 aromatic rings. The van der Waals surface area contributed by atoms with E-state index in [0.717, 1.165) is 22.6 Å². The third-order valence-corrected chi connectivity index (χ3v) is 4.80. The number of hydrogen-bond donors (Lipinski definition) is 0. The average Bonchev–Trinajstić information content (AvgIpc) is 3.13. The number of likely N-dealkylation sites (N-methyl/N-ethyl adjacent to an activating group) is 2. The monoisotopic (exact) mass is 354 g/mol. The Hall–Kier alpha value is -2.53. The summed E-state index contributed by atoms with van der Waals surface area (Å²) in [6.45, 7) is 6.25. The summed E-state index contributed by atoms with van der Waals surface area (Å²) in [5.74, 6) is 1.69. The number of rotatable bonds is 7. The summed E-state index contributed by atoms with van der Waals surface area (Å²) in [5.41, 5.74) is 2.25. The van der Waals surface area contributed by atoms with Gasteiger partial charge in [0.05, 0.1) is 6.04 Å². The van der Waals surface area contributed by atoms with Crippen molar-refractivity contribution in [1.29, 1.82) is 0 Å². The number of carbonyl (C=O) groups excluding carboxylic acids is 1. The van der Waals surface area contributed by atoms with Gasteiger partial charge in [-0.2, -0.15) is 0 Å². The third-order valence-electron chi connectivity index (χ3n) is 4.80. The van der Waals surface area contributed by atoms with Crippen LogP contribution in [0.4, 0.5) is 0 Å². The zero-order chi connectivity index (χ0) is 18.5. The molecule has 1 aliphatic rings. The molecule has 1 amide bonds. The Bertz CT molecular complexity index is 748. The minimum absolute atomic E-state index is 0.139. The van der Waals surface area contributed by atoms with Gasteiger partial charge in [0.2, 0.25) is 12.7 Å². The van der Waals surface area contributed by atoms with Crippen LogP contribution < -0.4 is 9.47 Å². The van der Waals surface area contributed by atoms with Crippen molar-refractivity contribution in [3.8, 4) is 11.5 Å². The van der Waals surface area contributed by atoms with E-state index in [4.69, 9.17) is 9.47 Å². The highest BCUT2D eigenvalue weighted by molar-refractivity contribution is 5.81. The number of fused-ring (bicyclic) bond motifs is 1. The summed E-state index contributed by atoms with van der Waals surface area (Å²) < 4.78 is 10.8. The molecule has 3 rings (SSSR count). The highest BCUT2D eigenvalue weighted by atomic mass is 16.7. The highest BCUT2D eigenvalue weighted by Crippen LogP contribution is 2.32. The van der Waals surface area contributed by atoms with Gasteiger partial charge in [0.15, 0.2) is 11.5 Å². The largest absolute Gasteiger partial charge is 0.454 e. The quantitative estimate of drug-likeness (QED) is 0.765. The Morgan fingerprint density at radius 3 is 2.50 bits per heavy atom. The smallest absolute Gasteiger partial charge is 0.239 e. The Morgan fingerprint density at radius 1 is 1.04 bits per heavy atom. The lowest BCUT2D eigenvalue weighted by molar-refractivity contribution is -0.136. The number of hydrogen-bond acceptors (Lipinski definition) is 4. The van der Waals surface area contributed by atoms with Crippen LogP contribution in [0.1, 0.15) is 25.0 Å². The topological polar surface area (TPSA) is 42.0 Å². The van der Waals surface area contributed by atoms with Gasteiger partial charge in [-0.15, -0.1) is 0 Å². The van der Waals surface area contributed by atoms with E-state index in [2.05, 4.69) is 17.0 Å². The third kappa shape index (κ3) is 4.17. The van der Waals surface area contributed by atoms with E-state index in [0.29, 0.717) is 19.6 Å². The first kappa shape index (κ1) is 18.3. The van der Waals surface area contributed by atoms with Crippen molar-refractivity contribution in [2.45, 2.75) is 33.0 Å². The van der Waals surface area contributed by atoms with Crippen LogP contribution in [-0.4, -0.2) is 42.1 Å². The highest BCUT2D eigenvalue weighted by Gasteiger charge is 2.24. The summed E-state index contributed by atoms with van der Waals surface area (Å²) in [6.07, 6.45) is 0. The van der Waals surface area contributed by atoms with Crippen molar-refractivity contribution in [1.82, 2.24) is 9.80 Å². The van der Waals surface area contributed by atoms with Crippen molar-refractivity contribution in [3.63, 3.8) is 0 Å². The Labute approximate surface area is 155 Å². The zero-order valence-corrected chi connectivity index (χ0v) is 15.6. The summed E-state index contributed by atoms with van der Waals surface area (Å²) >= 11 is 0. The fourth-order valence-electron chi connectivity index (χ4n) is 3.07. The molecular weight excluding hydrogens is 328 g/mol. The summed E-state index contributed by atoms with van der Waals surface area (Å²) in [4.78, 5) is 16.9. The van der Waals surface area contributed by atoms with Gasteiger partial charge in [-0.05, 0) is 44.2 Å². The second-order valence-electron chi connectivity index (χ2n) is 6.62. The minimum Gasteiger partial charge on any atom is -0.454 e. The second kappa shape index (κ2) is 8.23. The lowest BCUT2D eigenvalue weighted by Crippen LogP contribution is -2.45. The molecule has 0 saturated carbocycles. The molecule has 1 heterocycles. The maximum absolute atomic E-state index is 12.9. The van der Waals surface area contributed by atoms with Gasteiger partial charge < -0.3 is 14.4 Å². The predicted molar refractivity (Wildman–Crippen MR) is 101 cm³/mol. The molecule has 0 bridgehead atoms. The normalized spacial score (nSPS) is 13.7. The van der Waals surface area contributed by atoms with Crippen molar-refractivity contribution in [2.75, 3.05) is 20.4 Å². The van der Waals surface area contributed by atoms with Crippen molar-refractivity contribution in [2.24, 2.45) is 0 Å². The molecule has 0 N–H and O–H groups in total. The van der Waals surface area contributed by atoms with Crippen molar-refractivity contribution >= 4 is 5.91 Å². The number of carbonyl (C=O) groups is 1. The molecule has 138 valence electrons. The molecule has 0 aromatic heterocycles. The van der Waals surface area contributed by atoms with E-state index in [9.17, 15) is 4.79 Å². The summed E-state index contributed by atoms with van der Waals surface area (Å²) in [6, 6.07) is 15.8. The molecule has 0 radical (unpaired) electrons. The molecule has 1 aliphatic heterocycles. The van der Waals surface area contributed by atoms with Gasteiger partial charge in [0.25, 0.3) is 0 Å². The molecule has 0 spiro atoms. The van der Waals surface area contributed by atoms with E-state index in [1.54, 1.807) is 0 Å². The van der Waals surface area contributed by atoms with Gasteiger partial charge in [-0.1, -0.05) is 36.4 Å². The van der Waals surface area contributed by atoms with Gasteiger partial charge in [-0.25, -0.2) is 0 Å². The Kier molecular flexibility index (Phi) is 5.78. The molecular formula is C21H26N2O3. The van der Waals surface area contributed by atoms with Crippen LogP contribution in [0.5, 0.6) is 11.5 Å². The van der Waals surface area contributed by atoms with Crippen molar-refractivity contribution < 1.29 is 14.3 Å². The predicted octanol–water partition coefficient (Wildman–Crippen LogP) is 3.28. The lowest BCUT2D eigenvalue weighted by atomic mass is 10.1. The van der Waals surface area contributed by atoms with E-state index in [1.807, 2.05) is 62.2 Å². The van der Waals surface area contributed by atoms with E-state index < -0.39 is 0 Å². The van der Waals surface area contributed by atoms with Crippen LogP contribution in [0, 0.1) is 0 Å². The van der Waals surface area contributed by atoms with Crippen LogP contribution in [-0.2, 0) is 17.9 Å². The van der Waals surface area contributed by atoms with Crippen LogP contribution in [0.2, 0.25) is 0 Å². The summed E-state index contributed by atoms with van der Waals surface area (Å²) in [5, 5.41) is 0. The fourth-order valence-corrected chi connectivity index (χ4v) is 3.07. The Balaban J connectivity index is 1.62. The van der Waals surface area contributed by atoms with Gasteiger partial charge in [-0.3, -0.25) is 9.69 Å². The SMILES string of the molecule is CCN(Cc1ccccc1)C(=O)C(C)N(C)Cc1ccc2c(c1)OCO2. The first-order valence-electron chi connectivity index (χ1n) is 9.00. The first-order chi connectivity index (χ1) is 12.6. The number of nitrogens with zero attached hydrogens (tertiary/aromatic N) is 2. The van der Waals surface area contributed by atoms with Crippen LogP contribution in [0.15, 0.2) is 48.5 Å². The molecule has 26 heavy (non-hydrogen) atoms. The van der Waals surface area contributed by atoms with Crippen LogP contribution in [0.25, 0.3) is 0 Å². The molecule has 0 fully saturated rings. The minimum atomic E-state index is -0.205. The van der Waals surface area contributed by atoms with Crippen molar-refractivity contribution in [3.05, 3.63) is 59.7 Å². The fraction of sp³-hybridized carbons (Fsp3) is 0.381. The zero-order valence-electron chi connectivity index (χ0n) is 15.6. The number of benzene rings is 2. The maximum Gasteiger partial charge on any atom is 0.239 e. The Morgan fingerprint density at radius 2 is 1.77 bits per heavy atom. The van der Waals surface area contributed by atoms with Gasteiger partial charge >= 0.3 is 0 Å². The van der Waals surface area contributed by atoms with E-state index >= 15 is 0 Å². The standard InChI is InChI=1S/C21H26N2O3/c1-4-23(14-17-8-6-5-7-9-17)21(24)16(2)22(3)13-18-10-11-19-20(12-18)26-15-25-19/h5-12,16H,4,13-15H2,1-3H3.